The van der Waals surface area contributed by atoms with Crippen LogP contribution >= 0.6 is 0 Å². The lowest BCUT2D eigenvalue weighted by atomic mass is 10.1. The van der Waals surface area contributed by atoms with Crippen LogP contribution in [0.5, 0.6) is 0 Å². The first-order valence-electron chi connectivity index (χ1n) is 7.65. The number of aliphatic hydroxyl groups is 1. The molecule has 3 heterocycles. The Kier molecular flexibility index (Phi) is 4.61. The Balaban J connectivity index is 2.08. The van der Waals surface area contributed by atoms with Gasteiger partial charge in [-0.15, -0.1) is 0 Å². The number of carbonyl (C=O) groups is 2. The van der Waals surface area contributed by atoms with E-state index in [2.05, 4.69) is 15.0 Å². The van der Waals surface area contributed by atoms with Gasteiger partial charge in [-0.1, -0.05) is 0 Å². The average molecular weight is 367 g/mol. The number of nitrogens with zero attached hydrogens (tertiary/aromatic N) is 3. The van der Waals surface area contributed by atoms with E-state index in [9.17, 15) is 19.5 Å². The maximum absolute atomic E-state index is 11.9. The number of anilines is 1. The summed E-state index contributed by atoms with van der Waals surface area (Å²) in [5.41, 5.74) is 5.11. The fraction of sp³-hybridized carbons (Fsp3) is 0.500. The standard InChI is InChI=1S/C14H17N5O7/c1-5(21)24-9-7(3-20)26-13(10(9)25-6(2)22)19-4-16-8-11(19)17-14(15)18-12(8)23/h4,7,9-10,13,20H,3H2,1-2H3,(H3,15,17,18,23)/t7-,9?,10?,13-/m1/s1. The number of aliphatic hydroxyl groups excluding tert-OH is 1. The summed E-state index contributed by atoms with van der Waals surface area (Å²) in [6.45, 7) is 1.87. The van der Waals surface area contributed by atoms with Crippen molar-refractivity contribution in [2.24, 2.45) is 0 Å². The van der Waals surface area contributed by atoms with Crippen LogP contribution in [0.15, 0.2) is 11.1 Å². The van der Waals surface area contributed by atoms with E-state index in [-0.39, 0.29) is 17.1 Å². The number of carbonyl (C=O) groups excluding carboxylic acids is 2. The van der Waals surface area contributed by atoms with Crippen LogP contribution in [0, 0.1) is 0 Å². The van der Waals surface area contributed by atoms with Crippen LogP contribution in [0.1, 0.15) is 20.1 Å². The van der Waals surface area contributed by atoms with Gasteiger partial charge in [0.15, 0.2) is 29.6 Å². The molecule has 0 amide bonds. The zero-order valence-corrected chi connectivity index (χ0v) is 13.9. The third-order valence-corrected chi connectivity index (χ3v) is 3.79. The van der Waals surface area contributed by atoms with Crippen molar-refractivity contribution in [3.63, 3.8) is 0 Å². The molecule has 0 aromatic carbocycles. The molecule has 1 aliphatic rings. The molecule has 0 saturated carbocycles. The van der Waals surface area contributed by atoms with E-state index in [0.717, 1.165) is 0 Å². The third-order valence-electron chi connectivity index (χ3n) is 3.79. The summed E-state index contributed by atoms with van der Waals surface area (Å²) in [7, 11) is 0. The van der Waals surface area contributed by atoms with Gasteiger partial charge in [0.25, 0.3) is 5.56 Å². The summed E-state index contributed by atoms with van der Waals surface area (Å²) in [5.74, 6) is -1.42. The number of fused-ring (bicyclic) bond motifs is 1. The highest BCUT2D eigenvalue weighted by Gasteiger charge is 2.50. The first kappa shape index (κ1) is 17.8. The second-order valence-electron chi connectivity index (χ2n) is 5.67. The first-order chi connectivity index (χ1) is 12.3. The van der Waals surface area contributed by atoms with Crippen molar-refractivity contribution < 1.29 is 28.9 Å². The largest absolute Gasteiger partial charge is 0.456 e. The van der Waals surface area contributed by atoms with Gasteiger partial charge in [0.2, 0.25) is 5.95 Å². The summed E-state index contributed by atoms with van der Waals surface area (Å²) in [6.07, 6.45) is -2.88. The number of nitrogen functional groups attached to an aromatic ring is 1. The normalized spacial score (nSPS) is 25.3. The van der Waals surface area contributed by atoms with E-state index in [0.29, 0.717) is 0 Å². The van der Waals surface area contributed by atoms with E-state index < -0.39 is 48.6 Å². The Bertz CT molecular complexity index is 907. The van der Waals surface area contributed by atoms with Gasteiger partial charge in [-0.05, 0) is 0 Å². The minimum Gasteiger partial charge on any atom is -0.456 e. The highest BCUT2D eigenvalue weighted by molar-refractivity contribution is 5.71. The molecule has 4 N–H and O–H groups in total. The van der Waals surface area contributed by atoms with Crippen LogP contribution in [-0.4, -0.2) is 61.5 Å². The molecule has 2 unspecified atom stereocenters. The molecule has 2 aromatic heterocycles. The van der Waals surface area contributed by atoms with Crippen molar-refractivity contribution in [3.05, 3.63) is 16.7 Å². The van der Waals surface area contributed by atoms with Gasteiger partial charge < -0.3 is 25.1 Å². The Morgan fingerprint density at radius 3 is 2.62 bits per heavy atom. The number of aromatic nitrogens is 4. The Morgan fingerprint density at radius 1 is 1.35 bits per heavy atom. The lowest BCUT2D eigenvalue weighted by Crippen LogP contribution is -2.40. The second kappa shape index (κ2) is 6.72. The van der Waals surface area contributed by atoms with Crippen molar-refractivity contribution in [3.8, 4) is 0 Å². The number of nitrogens with one attached hydrogen (secondary N) is 1. The molecule has 1 aliphatic heterocycles. The Labute approximate surface area is 145 Å². The fourth-order valence-corrected chi connectivity index (χ4v) is 2.86. The van der Waals surface area contributed by atoms with Crippen molar-refractivity contribution in [2.45, 2.75) is 38.4 Å². The van der Waals surface area contributed by atoms with Crippen LogP contribution in [0.3, 0.4) is 0 Å². The van der Waals surface area contributed by atoms with Gasteiger partial charge in [-0.2, -0.15) is 4.98 Å². The number of nitrogens with two attached hydrogens (primary N) is 1. The number of aromatic amines is 1. The zero-order valence-electron chi connectivity index (χ0n) is 13.9. The summed E-state index contributed by atoms with van der Waals surface area (Å²) in [6, 6.07) is 0. The summed E-state index contributed by atoms with van der Waals surface area (Å²) >= 11 is 0. The zero-order chi connectivity index (χ0) is 19.0. The molecule has 12 nitrogen and oxygen atoms in total. The van der Waals surface area contributed by atoms with Crippen molar-refractivity contribution in [1.82, 2.24) is 19.5 Å². The Hall–Kier alpha value is -2.99. The quantitative estimate of drug-likeness (QED) is 0.537. The molecule has 0 radical (unpaired) electrons. The van der Waals surface area contributed by atoms with E-state index in [4.69, 9.17) is 19.9 Å². The minimum atomic E-state index is -1.09. The molecule has 1 saturated heterocycles. The molecule has 4 atom stereocenters. The molecule has 3 rings (SSSR count). The second-order valence-corrected chi connectivity index (χ2v) is 5.67. The lowest BCUT2D eigenvalue weighted by molar-refractivity contribution is -0.165. The minimum absolute atomic E-state index is 0.000796. The summed E-state index contributed by atoms with van der Waals surface area (Å²) < 4.78 is 17.5. The van der Waals surface area contributed by atoms with Gasteiger partial charge in [0, 0.05) is 13.8 Å². The molecule has 0 spiro atoms. The summed E-state index contributed by atoms with van der Waals surface area (Å²) in [5, 5.41) is 9.55. The van der Waals surface area contributed by atoms with Crippen molar-refractivity contribution >= 4 is 29.1 Å². The third kappa shape index (κ3) is 3.11. The van der Waals surface area contributed by atoms with E-state index in [1.54, 1.807) is 0 Å². The number of hydrogen-bond acceptors (Lipinski definition) is 10. The maximum atomic E-state index is 11.9. The Morgan fingerprint density at radius 2 is 2.00 bits per heavy atom. The van der Waals surface area contributed by atoms with Gasteiger partial charge in [-0.25, -0.2) is 4.98 Å². The summed E-state index contributed by atoms with van der Waals surface area (Å²) in [4.78, 5) is 45.1. The lowest BCUT2D eigenvalue weighted by Gasteiger charge is -2.23. The SMILES string of the molecule is CC(=O)OC1C(OC(C)=O)[C@@H](CO)O[C@H]1n1cnc2c(=O)[nH]c(N)nc21. The maximum Gasteiger partial charge on any atom is 0.303 e. The van der Waals surface area contributed by atoms with E-state index in [1.807, 2.05) is 0 Å². The van der Waals surface area contributed by atoms with E-state index >= 15 is 0 Å². The van der Waals surface area contributed by atoms with Gasteiger partial charge in [0.1, 0.15) is 6.10 Å². The molecule has 0 bridgehead atoms. The van der Waals surface area contributed by atoms with E-state index in [1.165, 1.54) is 24.7 Å². The molecule has 140 valence electrons. The molecular formula is C14H17N5O7. The van der Waals surface area contributed by atoms with Crippen LogP contribution in [0.4, 0.5) is 5.95 Å². The predicted molar refractivity (Wildman–Crippen MR) is 84.7 cm³/mol. The molecule has 26 heavy (non-hydrogen) atoms. The number of esters is 2. The molecule has 1 fully saturated rings. The van der Waals surface area contributed by atoms with Crippen LogP contribution in [0.25, 0.3) is 11.2 Å². The van der Waals surface area contributed by atoms with Gasteiger partial charge in [-0.3, -0.25) is 23.9 Å². The molecule has 2 aromatic rings. The average Bonchev–Trinajstić information content (AvgIpc) is 3.09. The highest BCUT2D eigenvalue weighted by atomic mass is 16.6. The number of ether oxygens (including phenoxy) is 3. The number of hydrogen-bond donors (Lipinski definition) is 3. The first-order valence-corrected chi connectivity index (χ1v) is 7.65. The smallest absolute Gasteiger partial charge is 0.303 e. The molecule has 12 heteroatoms. The van der Waals surface area contributed by atoms with Crippen molar-refractivity contribution in [2.75, 3.05) is 12.3 Å². The predicted octanol–water partition coefficient (Wildman–Crippen LogP) is -1.55. The topological polar surface area (TPSA) is 172 Å². The van der Waals surface area contributed by atoms with Crippen molar-refractivity contribution in [1.29, 1.82) is 0 Å². The molecular weight excluding hydrogens is 350 g/mol. The fourth-order valence-electron chi connectivity index (χ4n) is 2.86. The molecule has 0 aliphatic carbocycles. The van der Waals surface area contributed by atoms with Crippen LogP contribution in [0.2, 0.25) is 0 Å². The van der Waals surface area contributed by atoms with Gasteiger partial charge in [0.05, 0.1) is 12.9 Å². The number of H-pyrrole nitrogens is 1. The highest BCUT2D eigenvalue weighted by Crippen LogP contribution is 2.35. The monoisotopic (exact) mass is 367 g/mol. The van der Waals surface area contributed by atoms with Crippen LogP contribution in [-0.2, 0) is 23.8 Å². The number of rotatable bonds is 4. The van der Waals surface area contributed by atoms with Crippen LogP contribution < -0.4 is 11.3 Å². The number of imidazole rings is 1. The van der Waals surface area contributed by atoms with Gasteiger partial charge >= 0.3 is 11.9 Å².